The molecule has 1 rings (SSSR count). The number of nitrogens with one attached hydrogen (secondary N) is 1. The lowest BCUT2D eigenvalue weighted by Gasteiger charge is -1.96. The van der Waals surface area contributed by atoms with Crippen molar-refractivity contribution < 1.29 is 9.90 Å². The van der Waals surface area contributed by atoms with E-state index < -0.39 is 11.5 Å². The van der Waals surface area contributed by atoms with Crippen molar-refractivity contribution in [1.82, 2.24) is 9.97 Å². The Balaban J connectivity index is 3.08. The summed E-state index contributed by atoms with van der Waals surface area (Å²) >= 11 is 5.47. The Morgan fingerprint density at radius 1 is 1.75 bits per heavy atom. The molecule has 0 spiro atoms. The summed E-state index contributed by atoms with van der Waals surface area (Å²) in [6.07, 6.45) is 0.773. The number of aliphatic carboxylic acids is 1. The second-order valence-corrected chi connectivity index (χ2v) is 2.44. The van der Waals surface area contributed by atoms with Crippen LogP contribution in [0.25, 0.3) is 0 Å². The Kier molecular flexibility index (Phi) is 2.44. The first-order valence-corrected chi connectivity index (χ1v) is 3.43. The van der Waals surface area contributed by atoms with Crippen molar-refractivity contribution in [1.29, 1.82) is 0 Å². The Morgan fingerprint density at radius 3 is 3.00 bits per heavy atom. The maximum atomic E-state index is 10.8. The number of rotatable bonds is 2. The van der Waals surface area contributed by atoms with Crippen LogP contribution in [0.4, 0.5) is 0 Å². The van der Waals surface area contributed by atoms with Crippen molar-refractivity contribution in [3.63, 3.8) is 0 Å². The maximum Gasteiger partial charge on any atom is 0.309 e. The summed E-state index contributed by atoms with van der Waals surface area (Å²) < 4.78 is 0. The molecule has 0 aromatic carbocycles. The first kappa shape index (κ1) is 8.73. The number of carboxylic acid groups (broad SMARTS) is 1. The van der Waals surface area contributed by atoms with Gasteiger partial charge in [0.15, 0.2) is 0 Å². The van der Waals surface area contributed by atoms with E-state index in [0.29, 0.717) is 0 Å². The smallest absolute Gasteiger partial charge is 0.309 e. The van der Waals surface area contributed by atoms with Crippen molar-refractivity contribution >= 4 is 17.6 Å². The van der Waals surface area contributed by atoms with Gasteiger partial charge in [-0.15, -0.1) is 0 Å². The summed E-state index contributed by atoms with van der Waals surface area (Å²) in [5, 5.41) is 8.20. The summed E-state index contributed by atoms with van der Waals surface area (Å²) in [5.74, 6) is -1.07. The molecule has 2 N–H and O–H groups in total. The SMILES string of the molecule is O=C(O)Cc1nc[nH]c(=O)c1Cl. The fraction of sp³-hybridized carbons (Fsp3) is 0.167. The Bertz CT molecular complexity index is 360. The minimum Gasteiger partial charge on any atom is -0.481 e. The molecule has 0 saturated carbocycles. The van der Waals surface area contributed by atoms with E-state index in [4.69, 9.17) is 16.7 Å². The average Bonchev–Trinajstić information content (AvgIpc) is 1.98. The van der Waals surface area contributed by atoms with Gasteiger partial charge in [-0.25, -0.2) is 4.98 Å². The van der Waals surface area contributed by atoms with Crippen LogP contribution >= 0.6 is 11.6 Å². The molecule has 1 heterocycles. The number of aromatic nitrogens is 2. The molecule has 1 aromatic heterocycles. The number of nitrogens with zero attached hydrogens (tertiary/aromatic N) is 1. The Morgan fingerprint density at radius 2 is 2.42 bits per heavy atom. The van der Waals surface area contributed by atoms with Crippen LogP contribution in [0, 0.1) is 0 Å². The van der Waals surface area contributed by atoms with E-state index in [1.807, 2.05) is 0 Å². The zero-order valence-electron chi connectivity index (χ0n) is 5.87. The lowest BCUT2D eigenvalue weighted by atomic mass is 10.3. The first-order valence-electron chi connectivity index (χ1n) is 3.05. The van der Waals surface area contributed by atoms with Gasteiger partial charge in [0.1, 0.15) is 5.02 Å². The summed E-state index contributed by atoms with van der Waals surface area (Å²) in [7, 11) is 0. The van der Waals surface area contributed by atoms with Crippen LogP contribution in [-0.2, 0) is 11.2 Å². The van der Waals surface area contributed by atoms with E-state index in [0.717, 1.165) is 6.33 Å². The third-order valence-corrected chi connectivity index (χ3v) is 1.58. The van der Waals surface area contributed by atoms with Gasteiger partial charge in [0.25, 0.3) is 5.56 Å². The molecular weight excluding hydrogens is 184 g/mol. The summed E-state index contributed by atoms with van der Waals surface area (Å²) in [5.41, 5.74) is -0.448. The van der Waals surface area contributed by atoms with Crippen LogP contribution in [0.15, 0.2) is 11.1 Å². The first-order chi connectivity index (χ1) is 5.61. The van der Waals surface area contributed by atoms with E-state index in [9.17, 15) is 9.59 Å². The topological polar surface area (TPSA) is 83.0 Å². The minimum absolute atomic E-state index is 0.0768. The van der Waals surface area contributed by atoms with Gasteiger partial charge in [0.2, 0.25) is 0 Å². The molecule has 1 aromatic rings. The molecule has 0 unspecified atom stereocenters. The van der Waals surface area contributed by atoms with Crippen molar-refractivity contribution in [3.05, 3.63) is 27.4 Å². The van der Waals surface area contributed by atoms with Crippen LogP contribution in [0.5, 0.6) is 0 Å². The van der Waals surface area contributed by atoms with Gasteiger partial charge >= 0.3 is 5.97 Å². The predicted octanol–water partition coefficient (Wildman–Crippen LogP) is 0.0504. The average molecular weight is 189 g/mol. The molecule has 0 bridgehead atoms. The molecule has 0 amide bonds. The predicted molar refractivity (Wildman–Crippen MR) is 41.2 cm³/mol. The summed E-state index contributed by atoms with van der Waals surface area (Å²) in [6, 6.07) is 0. The lowest BCUT2D eigenvalue weighted by molar-refractivity contribution is -0.136. The normalized spacial score (nSPS) is 9.75. The summed E-state index contributed by atoms with van der Waals surface area (Å²) in [6.45, 7) is 0. The standard InChI is InChI=1S/C6H5ClN2O3/c7-5-3(1-4(10)11)8-2-9-6(5)12/h2H,1H2,(H,10,11)(H,8,9,12). The van der Waals surface area contributed by atoms with E-state index in [1.54, 1.807) is 0 Å². The number of hydrogen-bond donors (Lipinski definition) is 2. The highest BCUT2D eigenvalue weighted by atomic mass is 35.5. The van der Waals surface area contributed by atoms with Crippen molar-refractivity contribution in [2.24, 2.45) is 0 Å². The molecule has 0 atom stereocenters. The lowest BCUT2D eigenvalue weighted by Crippen LogP contribution is -2.13. The maximum absolute atomic E-state index is 10.8. The van der Waals surface area contributed by atoms with Crippen LogP contribution in [0.2, 0.25) is 5.02 Å². The van der Waals surface area contributed by atoms with Gasteiger partial charge in [0, 0.05) is 0 Å². The molecule has 0 aliphatic rings. The molecule has 64 valence electrons. The number of aromatic amines is 1. The largest absolute Gasteiger partial charge is 0.481 e. The zero-order chi connectivity index (χ0) is 9.14. The van der Waals surface area contributed by atoms with Gasteiger partial charge in [-0.05, 0) is 0 Å². The molecule has 0 saturated heterocycles. The van der Waals surface area contributed by atoms with E-state index in [-0.39, 0.29) is 17.1 Å². The quantitative estimate of drug-likeness (QED) is 0.687. The van der Waals surface area contributed by atoms with Gasteiger partial charge < -0.3 is 10.1 Å². The van der Waals surface area contributed by atoms with Crippen molar-refractivity contribution in [2.45, 2.75) is 6.42 Å². The van der Waals surface area contributed by atoms with Gasteiger partial charge in [-0.1, -0.05) is 11.6 Å². The van der Waals surface area contributed by atoms with Crippen LogP contribution in [-0.4, -0.2) is 21.0 Å². The minimum atomic E-state index is -1.07. The fourth-order valence-corrected chi connectivity index (χ4v) is 0.857. The number of H-pyrrole nitrogens is 1. The molecule has 12 heavy (non-hydrogen) atoms. The molecule has 0 aliphatic carbocycles. The van der Waals surface area contributed by atoms with Gasteiger partial charge in [-0.2, -0.15) is 0 Å². The monoisotopic (exact) mass is 188 g/mol. The van der Waals surface area contributed by atoms with E-state index >= 15 is 0 Å². The number of halogens is 1. The van der Waals surface area contributed by atoms with E-state index in [2.05, 4.69) is 9.97 Å². The third kappa shape index (κ3) is 1.82. The highest BCUT2D eigenvalue weighted by Gasteiger charge is 2.08. The molecule has 0 aliphatic heterocycles. The van der Waals surface area contributed by atoms with Crippen LogP contribution in [0.3, 0.4) is 0 Å². The highest BCUT2D eigenvalue weighted by molar-refractivity contribution is 6.31. The van der Waals surface area contributed by atoms with Crippen LogP contribution in [0.1, 0.15) is 5.69 Å². The van der Waals surface area contributed by atoms with Gasteiger partial charge in [-0.3, -0.25) is 9.59 Å². The molecule has 5 nitrogen and oxygen atoms in total. The highest BCUT2D eigenvalue weighted by Crippen LogP contribution is 2.05. The van der Waals surface area contributed by atoms with Gasteiger partial charge in [0.05, 0.1) is 18.4 Å². The summed E-state index contributed by atoms with van der Waals surface area (Å²) in [4.78, 5) is 26.9. The fourth-order valence-electron chi connectivity index (χ4n) is 0.686. The molecule has 0 fully saturated rings. The number of carbonyl (C=O) groups is 1. The van der Waals surface area contributed by atoms with Crippen molar-refractivity contribution in [2.75, 3.05) is 0 Å². The second kappa shape index (κ2) is 3.36. The van der Waals surface area contributed by atoms with E-state index in [1.165, 1.54) is 0 Å². The molecule has 6 heteroatoms. The molecular formula is C6H5ClN2O3. The van der Waals surface area contributed by atoms with Crippen LogP contribution < -0.4 is 5.56 Å². The van der Waals surface area contributed by atoms with Crippen molar-refractivity contribution in [3.8, 4) is 0 Å². The number of hydrogen-bond acceptors (Lipinski definition) is 3. The number of carboxylic acids is 1. The Labute approximate surface area is 72.0 Å². The zero-order valence-corrected chi connectivity index (χ0v) is 6.63. The third-order valence-electron chi connectivity index (χ3n) is 1.19. The Hall–Kier alpha value is -1.36. The second-order valence-electron chi connectivity index (χ2n) is 2.06. The molecule has 0 radical (unpaired) electrons.